The van der Waals surface area contributed by atoms with Crippen molar-refractivity contribution in [3.8, 4) is 0 Å². The zero-order valence-electron chi connectivity index (χ0n) is 14.8. The Kier molecular flexibility index (Phi) is 4.70. The molecule has 0 saturated heterocycles. The van der Waals surface area contributed by atoms with Gasteiger partial charge in [-0.05, 0) is 67.3 Å². The number of benzene rings is 1. The van der Waals surface area contributed by atoms with E-state index in [-0.39, 0.29) is 0 Å². The van der Waals surface area contributed by atoms with Crippen LogP contribution in [0.1, 0.15) is 55.1 Å². The van der Waals surface area contributed by atoms with Gasteiger partial charge in [0.05, 0.1) is 11.1 Å². The summed E-state index contributed by atoms with van der Waals surface area (Å²) in [6.07, 6.45) is 5.80. The number of primary amides is 1. The number of anilines is 1. The Hall–Kier alpha value is -2.67. The van der Waals surface area contributed by atoms with Gasteiger partial charge in [-0.1, -0.05) is 6.07 Å². The third-order valence-electron chi connectivity index (χ3n) is 5.09. The van der Waals surface area contributed by atoms with E-state index in [9.17, 15) is 14.4 Å². The second-order valence-corrected chi connectivity index (χ2v) is 7.99. The minimum absolute atomic E-state index is 0.394. The van der Waals surface area contributed by atoms with E-state index in [0.717, 1.165) is 49.0 Å². The number of esters is 1. The number of carbonyl (C=O) groups is 3. The number of hydrogen-bond donors (Lipinski definition) is 2. The maximum Gasteiger partial charge on any atom is 0.338 e. The molecule has 0 atom stereocenters. The molecule has 1 heterocycles. The summed E-state index contributed by atoms with van der Waals surface area (Å²) < 4.78 is 5.14. The van der Waals surface area contributed by atoms with Crippen LogP contribution in [0.2, 0.25) is 0 Å². The second kappa shape index (κ2) is 7.15. The van der Waals surface area contributed by atoms with Crippen molar-refractivity contribution in [1.29, 1.82) is 0 Å². The van der Waals surface area contributed by atoms with Crippen LogP contribution in [0.5, 0.6) is 0 Å². The van der Waals surface area contributed by atoms with E-state index in [2.05, 4.69) is 5.32 Å². The number of nitrogens with one attached hydrogen (secondary N) is 1. The molecule has 0 unspecified atom stereocenters. The predicted molar refractivity (Wildman–Crippen MR) is 102 cm³/mol. The lowest BCUT2D eigenvalue weighted by Crippen LogP contribution is -2.22. The standard InChI is InChI=1S/C20H20N2O4S/c21-18(24)17-14-5-2-6-15(14)27-19(17)22-16(23)10-26-20(25)13-8-7-11-3-1-4-12(11)9-13/h7-9H,1-6,10H2,(H2,21,24)(H,22,23). The van der Waals surface area contributed by atoms with Gasteiger partial charge in [0.15, 0.2) is 6.61 Å². The summed E-state index contributed by atoms with van der Waals surface area (Å²) in [4.78, 5) is 37.3. The van der Waals surface area contributed by atoms with Gasteiger partial charge in [-0.15, -0.1) is 11.3 Å². The third-order valence-corrected chi connectivity index (χ3v) is 6.30. The number of rotatable bonds is 5. The monoisotopic (exact) mass is 384 g/mol. The molecule has 2 amide bonds. The summed E-state index contributed by atoms with van der Waals surface area (Å²) in [5.41, 5.74) is 9.72. The summed E-state index contributed by atoms with van der Waals surface area (Å²) in [6.45, 7) is -0.406. The molecular weight excluding hydrogens is 364 g/mol. The lowest BCUT2D eigenvalue weighted by atomic mass is 10.1. The van der Waals surface area contributed by atoms with E-state index in [1.165, 1.54) is 22.5 Å². The molecule has 140 valence electrons. The van der Waals surface area contributed by atoms with Crippen LogP contribution in [0.3, 0.4) is 0 Å². The first kappa shape index (κ1) is 17.7. The number of thiophene rings is 1. The quantitative estimate of drug-likeness (QED) is 0.774. The van der Waals surface area contributed by atoms with Crippen molar-refractivity contribution < 1.29 is 19.1 Å². The molecule has 1 aromatic carbocycles. The Morgan fingerprint density at radius 2 is 1.85 bits per heavy atom. The lowest BCUT2D eigenvalue weighted by Gasteiger charge is -2.08. The molecule has 0 spiro atoms. The fraction of sp³-hybridized carbons (Fsp3) is 0.350. The number of fused-ring (bicyclic) bond motifs is 2. The third kappa shape index (κ3) is 3.47. The molecule has 1 aromatic heterocycles. The van der Waals surface area contributed by atoms with Gasteiger partial charge in [-0.2, -0.15) is 0 Å². The average Bonchev–Trinajstić information content (AvgIpc) is 3.33. The molecule has 27 heavy (non-hydrogen) atoms. The minimum Gasteiger partial charge on any atom is -0.452 e. The normalized spacial score (nSPS) is 14.5. The van der Waals surface area contributed by atoms with Crippen molar-refractivity contribution in [3.63, 3.8) is 0 Å². The molecule has 2 aliphatic rings. The predicted octanol–water partition coefficient (Wildman–Crippen LogP) is 2.62. The van der Waals surface area contributed by atoms with E-state index in [1.54, 1.807) is 6.07 Å². The number of carbonyl (C=O) groups excluding carboxylic acids is 3. The van der Waals surface area contributed by atoms with Crippen LogP contribution in [-0.4, -0.2) is 24.4 Å². The van der Waals surface area contributed by atoms with E-state index < -0.39 is 24.4 Å². The highest BCUT2D eigenvalue weighted by atomic mass is 32.1. The van der Waals surface area contributed by atoms with Gasteiger partial charge in [0.1, 0.15) is 5.00 Å². The minimum atomic E-state index is -0.542. The van der Waals surface area contributed by atoms with Crippen molar-refractivity contribution in [2.24, 2.45) is 5.73 Å². The Balaban J connectivity index is 1.39. The average molecular weight is 384 g/mol. The van der Waals surface area contributed by atoms with Crippen molar-refractivity contribution in [2.45, 2.75) is 38.5 Å². The maximum atomic E-state index is 12.2. The van der Waals surface area contributed by atoms with Crippen LogP contribution >= 0.6 is 11.3 Å². The van der Waals surface area contributed by atoms with Gasteiger partial charge >= 0.3 is 5.97 Å². The molecule has 4 rings (SSSR count). The molecule has 7 heteroatoms. The first-order valence-corrected chi connectivity index (χ1v) is 9.87. The number of aryl methyl sites for hydroxylation is 3. The molecule has 0 radical (unpaired) electrons. The van der Waals surface area contributed by atoms with Crippen molar-refractivity contribution >= 4 is 34.1 Å². The van der Waals surface area contributed by atoms with Gasteiger partial charge < -0.3 is 15.8 Å². The zero-order chi connectivity index (χ0) is 19.0. The first-order valence-electron chi connectivity index (χ1n) is 9.06. The van der Waals surface area contributed by atoms with Gasteiger partial charge in [-0.3, -0.25) is 9.59 Å². The van der Waals surface area contributed by atoms with Crippen molar-refractivity contribution in [2.75, 3.05) is 11.9 Å². The number of hydrogen-bond acceptors (Lipinski definition) is 5. The lowest BCUT2D eigenvalue weighted by molar-refractivity contribution is -0.119. The fourth-order valence-electron chi connectivity index (χ4n) is 3.83. The van der Waals surface area contributed by atoms with E-state index in [0.29, 0.717) is 16.1 Å². The van der Waals surface area contributed by atoms with Crippen molar-refractivity contribution in [1.82, 2.24) is 0 Å². The Morgan fingerprint density at radius 3 is 2.67 bits per heavy atom. The van der Waals surface area contributed by atoms with E-state index in [4.69, 9.17) is 10.5 Å². The largest absolute Gasteiger partial charge is 0.452 e. The summed E-state index contributed by atoms with van der Waals surface area (Å²) >= 11 is 1.38. The smallest absolute Gasteiger partial charge is 0.338 e. The highest BCUT2D eigenvalue weighted by Gasteiger charge is 2.26. The fourth-order valence-corrected chi connectivity index (χ4v) is 5.14. The van der Waals surface area contributed by atoms with Crippen LogP contribution in [0, 0.1) is 0 Å². The molecule has 6 nitrogen and oxygen atoms in total. The van der Waals surface area contributed by atoms with Crippen LogP contribution < -0.4 is 11.1 Å². The molecule has 2 aliphatic carbocycles. The van der Waals surface area contributed by atoms with Crippen LogP contribution in [0.15, 0.2) is 18.2 Å². The molecule has 0 saturated carbocycles. The first-order chi connectivity index (χ1) is 13.0. The summed E-state index contributed by atoms with van der Waals surface area (Å²) in [6, 6.07) is 5.53. The molecule has 0 fully saturated rings. The van der Waals surface area contributed by atoms with Crippen molar-refractivity contribution in [3.05, 3.63) is 50.9 Å². The Morgan fingerprint density at radius 1 is 1.07 bits per heavy atom. The molecule has 0 aliphatic heterocycles. The Bertz CT molecular complexity index is 948. The molecular formula is C20H20N2O4S. The van der Waals surface area contributed by atoms with Gasteiger partial charge in [-0.25, -0.2) is 4.79 Å². The Labute approximate surface area is 160 Å². The van der Waals surface area contributed by atoms with Gasteiger partial charge in [0.25, 0.3) is 11.8 Å². The molecule has 0 bridgehead atoms. The summed E-state index contributed by atoms with van der Waals surface area (Å²) in [5, 5.41) is 3.12. The summed E-state index contributed by atoms with van der Waals surface area (Å²) in [5.74, 6) is -1.55. The zero-order valence-corrected chi connectivity index (χ0v) is 15.6. The maximum absolute atomic E-state index is 12.2. The topological polar surface area (TPSA) is 98.5 Å². The number of ether oxygens (including phenoxy) is 1. The van der Waals surface area contributed by atoms with Crippen LogP contribution in [0.25, 0.3) is 0 Å². The summed E-state index contributed by atoms with van der Waals surface area (Å²) in [7, 11) is 0. The van der Waals surface area contributed by atoms with E-state index in [1.807, 2.05) is 12.1 Å². The highest BCUT2D eigenvalue weighted by molar-refractivity contribution is 7.17. The van der Waals surface area contributed by atoms with Crippen LogP contribution in [-0.2, 0) is 35.2 Å². The number of nitrogens with two attached hydrogens (primary N) is 1. The van der Waals surface area contributed by atoms with Gasteiger partial charge in [0.2, 0.25) is 0 Å². The van der Waals surface area contributed by atoms with Crippen LogP contribution in [0.4, 0.5) is 5.00 Å². The van der Waals surface area contributed by atoms with E-state index >= 15 is 0 Å². The molecule has 3 N–H and O–H groups in total. The second-order valence-electron chi connectivity index (χ2n) is 6.89. The SMILES string of the molecule is NC(=O)c1c(NC(=O)COC(=O)c2ccc3c(c2)CCC3)sc2c1CCC2. The van der Waals surface area contributed by atoms with Gasteiger partial charge in [0, 0.05) is 4.88 Å². The highest BCUT2D eigenvalue weighted by Crippen LogP contribution is 2.38. The molecule has 2 aromatic rings. The number of amides is 2.